The van der Waals surface area contributed by atoms with Crippen LogP contribution in [0.4, 0.5) is 4.79 Å². The first kappa shape index (κ1) is 17.8. The number of rotatable bonds is 7. The highest BCUT2D eigenvalue weighted by molar-refractivity contribution is 5.82. The number of fused-ring (bicyclic) bond motifs is 1. The number of nitrogens with one attached hydrogen (secondary N) is 1. The van der Waals surface area contributed by atoms with Crippen LogP contribution in [0, 0.1) is 0 Å². The Labute approximate surface area is 153 Å². The Morgan fingerprint density at radius 2 is 1.69 bits per heavy atom. The first-order valence-corrected chi connectivity index (χ1v) is 8.83. The zero-order valence-corrected chi connectivity index (χ0v) is 14.8. The van der Waals surface area contributed by atoms with E-state index in [-0.39, 0.29) is 6.04 Å². The molecule has 4 nitrogen and oxygen atoms in total. The highest BCUT2D eigenvalue weighted by Crippen LogP contribution is 2.19. The Hall–Kier alpha value is -3.01. The van der Waals surface area contributed by atoms with Gasteiger partial charge in [-0.3, -0.25) is 0 Å². The number of carbonyl (C=O) groups is 1. The second-order valence-corrected chi connectivity index (χ2v) is 6.37. The Morgan fingerprint density at radius 3 is 2.38 bits per heavy atom. The molecule has 0 aromatic heterocycles. The molecule has 0 aliphatic rings. The second kappa shape index (κ2) is 8.39. The molecule has 134 valence electrons. The largest absolute Gasteiger partial charge is 0.489 e. The molecular formula is C22H23NO3. The molecule has 3 aromatic rings. The topological polar surface area (TPSA) is 58.6 Å². The van der Waals surface area contributed by atoms with E-state index in [0.717, 1.165) is 23.3 Å². The summed E-state index contributed by atoms with van der Waals surface area (Å²) in [5.74, 6) is 0.807. The molecule has 1 unspecified atom stereocenters. The third kappa shape index (κ3) is 4.76. The summed E-state index contributed by atoms with van der Waals surface area (Å²) in [6.45, 7) is 2.49. The van der Waals surface area contributed by atoms with E-state index in [4.69, 9.17) is 9.84 Å². The van der Waals surface area contributed by atoms with E-state index in [1.807, 2.05) is 43.3 Å². The fourth-order valence-corrected chi connectivity index (χ4v) is 2.97. The molecule has 4 heteroatoms. The quantitative estimate of drug-likeness (QED) is 0.630. The van der Waals surface area contributed by atoms with Gasteiger partial charge in [-0.25, -0.2) is 4.79 Å². The summed E-state index contributed by atoms with van der Waals surface area (Å²) in [7, 11) is 0. The lowest BCUT2D eigenvalue weighted by Gasteiger charge is -2.15. The van der Waals surface area contributed by atoms with E-state index in [2.05, 4.69) is 35.6 Å². The van der Waals surface area contributed by atoms with E-state index < -0.39 is 6.09 Å². The highest BCUT2D eigenvalue weighted by Gasteiger charge is 2.10. The van der Waals surface area contributed by atoms with Crippen molar-refractivity contribution in [1.29, 1.82) is 0 Å². The van der Waals surface area contributed by atoms with E-state index in [1.165, 1.54) is 10.8 Å². The molecule has 0 bridgehead atoms. The second-order valence-electron chi connectivity index (χ2n) is 6.37. The number of hydrogen-bond donors (Lipinski definition) is 2. The van der Waals surface area contributed by atoms with Crippen LogP contribution in [-0.2, 0) is 13.0 Å². The lowest BCUT2D eigenvalue weighted by atomic mass is 10.0. The van der Waals surface area contributed by atoms with E-state index >= 15 is 0 Å². The first-order valence-electron chi connectivity index (χ1n) is 8.83. The van der Waals surface area contributed by atoms with Crippen LogP contribution < -0.4 is 10.1 Å². The summed E-state index contributed by atoms with van der Waals surface area (Å²) in [6.07, 6.45) is 0.451. The predicted molar refractivity (Wildman–Crippen MR) is 104 cm³/mol. The summed E-state index contributed by atoms with van der Waals surface area (Å²) in [5, 5.41) is 13.8. The van der Waals surface area contributed by atoms with Crippen LogP contribution in [0.15, 0.2) is 66.7 Å². The van der Waals surface area contributed by atoms with Gasteiger partial charge in [0.2, 0.25) is 0 Å². The highest BCUT2D eigenvalue weighted by atomic mass is 16.5. The summed E-state index contributed by atoms with van der Waals surface area (Å²) < 4.78 is 5.88. The van der Waals surface area contributed by atoms with Crippen LogP contribution >= 0.6 is 0 Å². The minimum Gasteiger partial charge on any atom is -0.489 e. The molecule has 0 aliphatic carbocycles. The Kier molecular flexibility index (Phi) is 5.74. The zero-order valence-electron chi connectivity index (χ0n) is 14.8. The molecule has 1 amide bonds. The molecule has 26 heavy (non-hydrogen) atoms. The fraction of sp³-hybridized carbons (Fsp3) is 0.227. The molecule has 1 atom stereocenters. The van der Waals surface area contributed by atoms with Crippen LogP contribution in [0.25, 0.3) is 10.8 Å². The van der Waals surface area contributed by atoms with Crippen molar-refractivity contribution >= 4 is 16.9 Å². The van der Waals surface area contributed by atoms with Crippen LogP contribution in [0.5, 0.6) is 5.75 Å². The van der Waals surface area contributed by atoms with Gasteiger partial charge in [0.05, 0.1) is 0 Å². The van der Waals surface area contributed by atoms with E-state index in [0.29, 0.717) is 13.0 Å². The molecule has 0 spiro atoms. The molecule has 0 saturated heterocycles. The van der Waals surface area contributed by atoms with Crippen LogP contribution in [0.1, 0.15) is 24.5 Å². The third-order valence-corrected chi connectivity index (χ3v) is 4.45. The standard InChI is InChI=1S/C22H23NO3/c1-2-20(23-22(24)25)14-16-8-11-21(12-9-16)26-15-17-7-10-18-5-3-4-6-19(18)13-17/h3-13,20,23H,2,14-15H2,1H3,(H,24,25). The lowest BCUT2D eigenvalue weighted by Crippen LogP contribution is -2.34. The molecule has 2 N–H and O–H groups in total. The molecule has 3 aromatic carbocycles. The smallest absolute Gasteiger partial charge is 0.404 e. The van der Waals surface area contributed by atoms with Crippen molar-refractivity contribution in [3.05, 3.63) is 77.9 Å². The number of ether oxygens (including phenoxy) is 1. The number of hydrogen-bond acceptors (Lipinski definition) is 2. The summed E-state index contributed by atoms with van der Waals surface area (Å²) in [6, 6.07) is 22.4. The van der Waals surface area contributed by atoms with Crippen molar-refractivity contribution < 1.29 is 14.6 Å². The number of amides is 1. The van der Waals surface area contributed by atoms with Crippen LogP contribution in [0.3, 0.4) is 0 Å². The maximum absolute atomic E-state index is 10.8. The average Bonchev–Trinajstić information content (AvgIpc) is 2.66. The third-order valence-electron chi connectivity index (χ3n) is 4.45. The number of carboxylic acid groups (broad SMARTS) is 1. The van der Waals surface area contributed by atoms with Gasteiger partial charge in [0.25, 0.3) is 0 Å². The van der Waals surface area contributed by atoms with Crippen molar-refractivity contribution in [1.82, 2.24) is 5.32 Å². The van der Waals surface area contributed by atoms with Gasteiger partial charge in [0.15, 0.2) is 0 Å². The first-order chi connectivity index (χ1) is 12.6. The van der Waals surface area contributed by atoms with Gasteiger partial charge in [0, 0.05) is 6.04 Å². The minimum atomic E-state index is -0.979. The maximum Gasteiger partial charge on any atom is 0.404 e. The van der Waals surface area contributed by atoms with Gasteiger partial charge in [-0.1, -0.05) is 55.5 Å². The van der Waals surface area contributed by atoms with Gasteiger partial charge in [-0.05, 0) is 52.9 Å². The van der Waals surface area contributed by atoms with Crippen LogP contribution in [0.2, 0.25) is 0 Å². The normalized spacial score (nSPS) is 11.9. The summed E-state index contributed by atoms with van der Waals surface area (Å²) in [5.41, 5.74) is 2.22. The van der Waals surface area contributed by atoms with Gasteiger partial charge in [-0.2, -0.15) is 0 Å². The van der Waals surface area contributed by atoms with Gasteiger partial charge in [0.1, 0.15) is 12.4 Å². The molecule has 0 aliphatic heterocycles. The average molecular weight is 349 g/mol. The molecule has 0 fully saturated rings. The molecule has 0 radical (unpaired) electrons. The Bertz CT molecular complexity index is 874. The van der Waals surface area contributed by atoms with Crippen molar-refractivity contribution in [2.45, 2.75) is 32.4 Å². The zero-order chi connectivity index (χ0) is 18.4. The summed E-state index contributed by atoms with van der Waals surface area (Å²) >= 11 is 0. The van der Waals surface area contributed by atoms with Crippen molar-refractivity contribution in [3.8, 4) is 5.75 Å². The van der Waals surface area contributed by atoms with Crippen molar-refractivity contribution in [2.24, 2.45) is 0 Å². The van der Waals surface area contributed by atoms with E-state index in [1.54, 1.807) is 0 Å². The fourth-order valence-electron chi connectivity index (χ4n) is 2.97. The maximum atomic E-state index is 10.8. The van der Waals surface area contributed by atoms with Crippen molar-refractivity contribution in [2.75, 3.05) is 0 Å². The van der Waals surface area contributed by atoms with Gasteiger partial charge >= 0.3 is 6.09 Å². The molecule has 3 rings (SSSR count). The predicted octanol–water partition coefficient (Wildman–Crippen LogP) is 5.01. The summed E-state index contributed by atoms with van der Waals surface area (Å²) in [4.78, 5) is 10.8. The van der Waals surface area contributed by atoms with Crippen molar-refractivity contribution in [3.63, 3.8) is 0 Å². The molecule has 0 heterocycles. The van der Waals surface area contributed by atoms with Crippen LogP contribution in [-0.4, -0.2) is 17.2 Å². The number of benzene rings is 3. The monoisotopic (exact) mass is 349 g/mol. The van der Waals surface area contributed by atoms with E-state index in [9.17, 15) is 4.79 Å². The van der Waals surface area contributed by atoms with Gasteiger partial charge < -0.3 is 15.2 Å². The Morgan fingerprint density at radius 1 is 1.00 bits per heavy atom. The lowest BCUT2D eigenvalue weighted by molar-refractivity contribution is 0.189. The molecular weight excluding hydrogens is 326 g/mol. The Balaban J connectivity index is 1.59. The minimum absolute atomic E-state index is 0.0723. The van der Waals surface area contributed by atoms with Gasteiger partial charge in [-0.15, -0.1) is 0 Å². The SMILES string of the molecule is CCC(Cc1ccc(OCc2ccc3ccccc3c2)cc1)NC(=O)O. The molecule has 0 saturated carbocycles.